The van der Waals surface area contributed by atoms with E-state index in [-0.39, 0.29) is 5.91 Å². The van der Waals surface area contributed by atoms with Crippen molar-refractivity contribution in [2.24, 2.45) is 0 Å². The molecule has 6 nitrogen and oxygen atoms in total. The minimum absolute atomic E-state index is 0.122. The Morgan fingerprint density at radius 2 is 2.27 bits per heavy atom. The van der Waals surface area contributed by atoms with Gasteiger partial charge in [0, 0.05) is 13.0 Å². The predicted octanol–water partition coefficient (Wildman–Crippen LogP) is 1.25. The molecule has 1 aliphatic heterocycles. The van der Waals surface area contributed by atoms with E-state index in [9.17, 15) is 4.79 Å². The Morgan fingerprint density at radius 3 is 3.05 bits per heavy atom. The van der Waals surface area contributed by atoms with Crippen LogP contribution in [0.2, 0.25) is 0 Å². The van der Waals surface area contributed by atoms with Gasteiger partial charge >= 0.3 is 0 Å². The van der Waals surface area contributed by atoms with Crippen LogP contribution in [0.1, 0.15) is 17.0 Å². The molecule has 1 unspecified atom stereocenters. The summed E-state index contributed by atoms with van der Waals surface area (Å²) in [4.78, 5) is 19.8. The summed E-state index contributed by atoms with van der Waals surface area (Å²) in [5.41, 5.74) is 4.46. The van der Waals surface area contributed by atoms with Crippen molar-refractivity contribution in [1.82, 2.24) is 15.3 Å². The number of aromatic amines is 1. The van der Waals surface area contributed by atoms with Gasteiger partial charge in [0.05, 0.1) is 30.9 Å². The molecule has 118 valence electrons. The zero-order valence-electron chi connectivity index (χ0n) is 12.9. The zero-order chi connectivity index (χ0) is 15.5. The number of nitrogens with zero attached hydrogens (tertiary/aromatic N) is 1. The number of aromatic nitrogens is 2. The average molecular weight is 303 g/mol. The molecule has 2 heterocycles. The second kappa shape index (κ2) is 6.46. The molecule has 3 rings (SSSR count). The number of hydrogen-bond donors (Lipinski definition) is 2. The van der Waals surface area contributed by atoms with Gasteiger partial charge < -0.3 is 19.8 Å². The van der Waals surface area contributed by atoms with E-state index in [1.165, 1.54) is 11.1 Å². The van der Waals surface area contributed by atoms with E-state index in [4.69, 9.17) is 9.47 Å². The molecular formula is C16H21N3O3. The molecule has 1 aliphatic rings. The van der Waals surface area contributed by atoms with Crippen molar-refractivity contribution in [1.29, 1.82) is 0 Å². The van der Waals surface area contributed by atoms with E-state index in [2.05, 4.69) is 35.2 Å². The third-order valence-electron chi connectivity index (χ3n) is 4.00. The Bertz CT molecular complexity index is 675. The fourth-order valence-electron chi connectivity index (χ4n) is 2.54. The lowest BCUT2D eigenvalue weighted by atomic mass is 10.1. The number of imidazole rings is 1. The van der Waals surface area contributed by atoms with Crippen LogP contribution in [0.25, 0.3) is 11.0 Å². The molecule has 1 saturated heterocycles. The quantitative estimate of drug-likeness (QED) is 0.891. The number of hydrogen-bond acceptors (Lipinski definition) is 4. The molecule has 1 aromatic carbocycles. The van der Waals surface area contributed by atoms with Crippen molar-refractivity contribution in [3.05, 3.63) is 29.1 Å². The Kier molecular flexibility index (Phi) is 4.40. The first-order chi connectivity index (χ1) is 10.6. The van der Waals surface area contributed by atoms with Crippen LogP contribution in [0.4, 0.5) is 0 Å². The summed E-state index contributed by atoms with van der Waals surface area (Å²) in [6, 6.07) is 4.13. The molecule has 0 saturated carbocycles. The number of H-pyrrole nitrogens is 1. The van der Waals surface area contributed by atoms with E-state index in [0.29, 0.717) is 32.8 Å². The van der Waals surface area contributed by atoms with Crippen LogP contribution in [-0.4, -0.2) is 48.3 Å². The smallest absolute Gasteiger partial charge is 0.251 e. The van der Waals surface area contributed by atoms with Crippen LogP contribution < -0.4 is 5.32 Å². The Hall–Kier alpha value is -1.92. The Balaban J connectivity index is 1.57. The first kappa shape index (κ1) is 15.0. The van der Waals surface area contributed by atoms with E-state index in [1.807, 2.05) is 6.07 Å². The zero-order valence-corrected chi connectivity index (χ0v) is 12.9. The van der Waals surface area contributed by atoms with Gasteiger partial charge in [-0.25, -0.2) is 4.98 Å². The SMILES string of the molecule is Cc1ccc2[nH]c(CCNC(=O)C3COCCO3)nc2c1C. The third-order valence-corrected chi connectivity index (χ3v) is 4.00. The monoisotopic (exact) mass is 303 g/mol. The maximum atomic E-state index is 11.9. The van der Waals surface area contributed by atoms with E-state index in [1.54, 1.807) is 0 Å². The van der Waals surface area contributed by atoms with Gasteiger partial charge in [0.1, 0.15) is 5.82 Å². The predicted molar refractivity (Wildman–Crippen MR) is 82.8 cm³/mol. The molecule has 0 spiro atoms. The number of amides is 1. The highest BCUT2D eigenvalue weighted by atomic mass is 16.6. The first-order valence-electron chi connectivity index (χ1n) is 7.57. The van der Waals surface area contributed by atoms with Gasteiger partial charge in [0.2, 0.25) is 0 Å². The number of fused-ring (bicyclic) bond motifs is 1. The van der Waals surface area contributed by atoms with Crippen molar-refractivity contribution < 1.29 is 14.3 Å². The maximum absolute atomic E-state index is 11.9. The maximum Gasteiger partial charge on any atom is 0.251 e. The molecule has 1 amide bonds. The van der Waals surface area contributed by atoms with E-state index >= 15 is 0 Å². The highest BCUT2D eigenvalue weighted by Crippen LogP contribution is 2.19. The summed E-state index contributed by atoms with van der Waals surface area (Å²) < 4.78 is 10.6. The van der Waals surface area contributed by atoms with Gasteiger partial charge in [-0.05, 0) is 31.0 Å². The molecule has 0 radical (unpaired) electrons. The lowest BCUT2D eigenvalue weighted by molar-refractivity contribution is -0.147. The molecule has 1 aromatic heterocycles. The van der Waals surface area contributed by atoms with Crippen molar-refractivity contribution in [3.8, 4) is 0 Å². The number of rotatable bonds is 4. The van der Waals surface area contributed by atoms with Crippen molar-refractivity contribution in [2.45, 2.75) is 26.4 Å². The van der Waals surface area contributed by atoms with Gasteiger partial charge in [-0.1, -0.05) is 6.07 Å². The van der Waals surface area contributed by atoms with Crippen LogP contribution in [0, 0.1) is 13.8 Å². The van der Waals surface area contributed by atoms with Gasteiger partial charge in [-0.3, -0.25) is 4.79 Å². The Labute approximate surface area is 129 Å². The summed E-state index contributed by atoms with van der Waals surface area (Å²) in [5.74, 6) is 0.757. The normalized spacial score (nSPS) is 18.5. The lowest BCUT2D eigenvalue weighted by Crippen LogP contribution is -2.43. The fourth-order valence-corrected chi connectivity index (χ4v) is 2.54. The number of ether oxygens (including phenoxy) is 2. The summed E-state index contributed by atoms with van der Waals surface area (Å²) in [6.45, 7) is 6.04. The number of carbonyl (C=O) groups excluding carboxylic acids is 1. The number of nitrogens with one attached hydrogen (secondary N) is 2. The van der Waals surface area contributed by atoms with Crippen molar-refractivity contribution in [2.75, 3.05) is 26.4 Å². The van der Waals surface area contributed by atoms with Crippen LogP contribution >= 0.6 is 0 Å². The van der Waals surface area contributed by atoms with Gasteiger partial charge in [0.15, 0.2) is 6.10 Å². The summed E-state index contributed by atoms with van der Waals surface area (Å²) in [7, 11) is 0. The topological polar surface area (TPSA) is 76.2 Å². The van der Waals surface area contributed by atoms with Crippen LogP contribution in [0.5, 0.6) is 0 Å². The van der Waals surface area contributed by atoms with Gasteiger partial charge in [-0.2, -0.15) is 0 Å². The number of benzene rings is 1. The third kappa shape index (κ3) is 3.13. The van der Waals surface area contributed by atoms with Crippen LogP contribution in [0.15, 0.2) is 12.1 Å². The molecule has 1 atom stereocenters. The average Bonchev–Trinajstić information content (AvgIpc) is 2.95. The van der Waals surface area contributed by atoms with Gasteiger partial charge in [-0.15, -0.1) is 0 Å². The van der Waals surface area contributed by atoms with Gasteiger partial charge in [0.25, 0.3) is 5.91 Å². The highest BCUT2D eigenvalue weighted by molar-refractivity contribution is 5.81. The molecule has 0 bridgehead atoms. The highest BCUT2D eigenvalue weighted by Gasteiger charge is 2.22. The standard InChI is InChI=1S/C16H21N3O3/c1-10-3-4-12-15(11(10)2)19-14(18-12)5-6-17-16(20)13-9-21-7-8-22-13/h3-4,13H,5-9H2,1-2H3,(H,17,20)(H,18,19). The lowest BCUT2D eigenvalue weighted by Gasteiger charge is -2.21. The number of aryl methyl sites for hydroxylation is 2. The second-order valence-corrected chi connectivity index (χ2v) is 5.56. The molecule has 2 N–H and O–H groups in total. The molecule has 6 heteroatoms. The fraction of sp³-hybridized carbons (Fsp3) is 0.500. The van der Waals surface area contributed by atoms with E-state index in [0.717, 1.165) is 16.9 Å². The Morgan fingerprint density at radius 1 is 1.41 bits per heavy atom. The van der Waals surface area contributed by atoms with E-state index < -0.39 is 6.10 Å². The second-order valence-electron chi connectivity index (χ2n) is 5.56. The van der Waals surface area contributed by atoms with Crippen molar-refractivity contribution in [3.63, 3.8) is 0 Å². The first-order valence-corrected chi connectivity index (χ1v) is 7.57. The molecular weight excluding hydrogens is 282 g/mol. The minimum Gasteiger partial charge on any atom is -0.376 e. The summed E-state index contributed by atoms with van der Waals surface area (Å²) >= 11 is 0. The minimum atomic E-state index is -0.491. The molecule has 22 heavy (non-hydrogen) atoms. The largest absolute Gasteiger partial charge is 0.376 e. The number of carbonyl (C=O) groups is 1. The molecule has 2 aromatic rings. The summed E-state index contributed by atoms with van der Waals surface area (Å²) in [6.07, 6.45) is 0.168. The summed E-state index contributed by atoms with van der Waals surface area (Å²) in [5, 5.41) is 2.87. The van der Waals surface area contributed by atoms with Crippen LogP contribution in [-0.2, 0) is 20.7 Å². The molecule has 0 aliphatic carbocycles. The molecule has 1 fully saturated rings. The van der Waals surface area contributed by atoms with Crippen molar-refractivity contribution >= 4 is 16.9 Å². The van der Waals surface area contributed by atoms with Crippen LogP contribution in [0.3, 0.4) is 0 Å².